The standard InChI is InChI=1S/C23H30ClN5OS/c1-2-3-4-7-12-25-23-28-20(24)19(22-27-17-8-5-6-9-18(17)31-22)21(29-23)26-16-11-10-15(13-16)14-30/h5-6,8-9,15-16,30H,2-4,7,10-14H2,1H3,(H2,25,26,28,29)/t15-,16?/m1/s1. The van der Waals surface area contributed by atoms with Crippen molar-refractivity contribution in [2.45, 2.75) is 57.9 Å². The molecule has 166 valence electrons. The smallest absolute Gasteiger partial charge is 0.226 e. The molecule has 2 aromatic heterocycles. The van der Waals surface area contributed by atoms with E-state index >= 15 is 0 Å². The number of anilines is 2. The average Bonchev–Trinajstić information content (AvgIpc) is 3.40. The zero-order valence-electron chi connectivity index (χ0n) is 17.9. The fourth-order valence-corrected chi connectivity index (χ4v) is 5.43. The summed E-state index contributed by atoms with van der Waals surface area (Å²) in [5.74, 6) is 1.61. The first-order valence-corrected chi connectivity index (χ1v) is 12.4. The van der Waals surface area contributed by atoms with Gasteiger partial charge in [-0.15, -0.1) is 11.3 Å². The third-order valence-corrected chi connectivity index (χ3v) is 7.15. The van der Waals surface area contributed by atoms with Gasteiger partial charge in [0.05, 0.1) is 15.8 Å². The number of hydrogen-bond acceptors (Lipinski definition) is 7. The van der Waals surface area contributed by atoms with E-state index in [1.165, 1.54) is 19.3 Å². The van der Waals surface area contributed by atoms with Gasteiger partial charge in [0, 0.05) is 19.2 Å². The number of aromatic nitrogens is 3. The molecule has 1 aromatic carbocycles. The third-order valence-electron chi connectivity index (χ3n) is 5.83. The summed E-state index contributed by atoms with van der Waals surface area (Å²) in [6, 6.07) is 8.33. The van der Waals surface area contributed by atoms with Gasteiger partial charge in [-0.2, -0.15) is 4.98 Å². The first-order valence-electron chi connectivity index (χ1n) is 11.2. The summed E-state index contributed by atoms with van der Waals surface area (Å²) in [5, 5.41) is 17.7. The summed E-state index contributed by atoms with van der Waals surface area (Å²) >= 11 is 8.29. The summed E-state index contributed by atoms with van der Waals surface area (Å²) in [7, 11) is 0. The molecule has 8 heteroatoms. The minimum absolute atomic E-state index is 0.234. The van der Waals surface area contributed by atoms with Gasteiger partial charge < -0.3 is 15.7 Å². The van der Waals surface area contributed by atoms with Crippen LogP contribution >= 0.6 is 22.9 Å². The number of aliphatic hydroxyl groups excluding tert-OH is 1. The lowest BCUT2D eigenvalue weighted by atomic mass is 10.1. The first-order chi connectivity index (χ1) is 15.2. The van der Waals surface area contributed by atoms with Gasteiger partial charge in [0.15, 0.2) is 0 Å². The molecule has 1 unspecified atom stereocenters. The second-order valence-corrected chi connectivity index (χ2v) is 9.63. The molecule has 0 radical (unpaired) electrons. The number of nitrogens with one attached hydrogen (secondary N) is 2. The lowest BCUT2D eigenvalue weighted by Crippen LogP contribution is -2.19. The van der Waals surface area contributed by atoms with Gasteiger partial charge in [0.25, 0.3) is 0 Å². The number of halogens is 1. The fourth-order valence-electron chi connectivity index (χ4n) is 4.10. The Balaban J connectivity index is 1.62. The molecular formula is C23H30ClN5OS. The molecule has 4 rings (SSSR count). The van der Waals surface area contributed by atoms with Gasteiger partial charge in [-0.1, -0.05) is 49.9 Å². The normalized spacial score (nSPS) is 18.5. The first kappa shape index (κ1) is 22.2. The van der Waals surface area contributed by atoms with Crippen LogP contribution in [0.2, 0.25) is 5.15 Å². The van der Waals surface area contributed by atoms with Crippen LogP contribution in [-0.4, -0.2) is 39.3 Å². The van der Waals surface area contributed by atoms with Crippen molar-refractivity contribution < 1.29 is 5.11 Å². The van der Waals surface area contributed by atoms with Crippen LogP contribution in [0.3, 0.4) is 0 Å². The fraction of sp³-hybridized carbons (Fsp3) is 0.522. The maximum Gasteiger partial charge on any atom is 0.226 e. The Morgan fingerprint density at radius 1 is 1.13 bits per heavy atom. The van der Waals surface area contributed by atoms with E-state index in [4.69, 9.17) is 21.6 Å². The molecule has 3 N–H and O–H groups in total. The number of benzene rings is 1. The molecule has 2 atom stereocenters. The summed E-state index contributed by atoms with van der Waals surface area (Å²) in [4.78, 5) is 14.1. The molecule has 0 aliphatic heterocycles. The Bertz CT molecular complexity index is 978. The zero-order valence-corrected chi connectivity index (χ0v) is 19.5. The Hall–Kier alpha value is -1.96. The van der Waals surface area contributed by atoms with Crippen molar-refractivity contribution in [2.24, 2.45) is 5.92 Å². The predicted molar refractivity (Wildman–Crippen MR) is 130 cm³/mol. The maximum atomic E-state index is 9.52. The number of nitrogens with zero attached hydrogens (tertiary/aromatic N) is 3. The number of thiazole rings is 1. The van der Waals surface area contributed by atoms with Crippen LogP contribution in [0.15, 0.2) is 24.3 Å². The summed E-state index contributed by atoms with van der Waals surface area (Å²) < 4.78 is 1.11. The quantitative estimate of drug-likeness (QED) is 0.256. The van der Waals surface area contributed by atoms with Gasteiger partial charge in [-0.05, 0) is 43.7 Å². The van der Waals surface area contributed by atoms with Crippen molar-refractivity contribution in [3.05, 3.63) is 29.4 Å². The van der Waals surface area contributed by atoms with Gasteiger partial charge in [-0.3, -0.25) is 0 Å². The summed E-state index contributed by atoms with van der Waals surface area (Å²) in [6.07, 6.45) is 7.67. The Morgan fingerprint density at radius 2 is 2.00 bits per heavy atom. The molecule has 2 heterocycles. The molecule has 0 bridgehead atoms. The SMILES string of the molecule is CCCCCCNc1nc(Cl)c(-c2nc3ccccc3s2)c(NC2CC[C@@H](CO)C2)n1. The van der Waals surface area contributed by atoms with Crippen molar-refractivity contribution in [3.63, 3.8) is 0 Å². The van der Waals surface area contributed by atoms with Crippen LogP contribution in [-0.2, 0) is 0 Å². The third kappa shape index (κ3) is 5.45. The predicted octanol–water partition coefficient (Wildman–Crippen LogP) is 5.97. The lowest BCUT2D eigenvalue weighted by Gasteiger charge is -2.18. The molecule has 6 nitrogen and oxygen atoms in total. The van der Waals surface area contributed by atoms with Crippen LogP contribution in [0, 0.1) is 5.92 Å². The average molecular weight is 460 g/mol. The molecule has 3 aromatic rings. The Morgan fingerprint density at radius 3 is 2.77 bits per heavy atom. The molecule has 1 saturated carbocycles. The number of para-hydroxylation sites is 1. The number of hydrogen-bond donors (Lipinski definition) is 3. The van der Waals surface area contributed by atoms with Crippen LogP contribution in [0.5, 0.6) is 0 Å². The van der Waals surface area contributed by atoms with Gasteiger partial charge >= 0.3 is 0 Å². The van der Waals surface area contributed by atoms with Gasteiger partial charge in [-0.25, -0.2) is 9.97 Å². The van der Waals surface area contributed by atoms with E-state index in [-0.39, 0.29) is 12.6 Å². The van der Waals surface area contributed by atoms with E-state index < -0.39 is 0 Å². The van der Waals surface area contributed by atoms with Gasteiger partial charge in [0.2, 0.25) is 5.95 Å². The minimum Gasteiger partial charge on any atom is -0.396 e. The number of aliphatic hydroxyl groups is 1. The Kier molecular flexibility index (Phi) is 7.58. The summed E-state index contributed by atoms with van der Waals surface area (Å²) in [5.41, 5.74) is 1.70. The second-order valence-electron chi connectivity index (χ2n) is 8.24. The molecule has 31 heavy (non-hydrogen) atoms. The Labute approximate surface area is 192 Å². The van der Waals surface area contributed by atoms with E-state index in [0.29, 0.717) is 17.0 Å². The van der Waals surface area contributed by atoms with Crippen LogP contribution in [0.4, 0.5) is 11.8 Å². The molecule has 1 fully saturated rings. The molecule has 1 aliphatic carbocycles. The highest BCUT2D eigenvalue weighted by atomic mass is 35.5. The van der Waals surface area contributed by atoms with E-state index in [0.717, 1.165) is 58.8 Å². The molecule has 1 aliphatic rings. The number of rotatable bonds is 10. The molecule has 0 spiro atoms. The highest BCUT2D eigenvalue weighted by Gasteiger charge is 2.27. The number of fused-ring (bicyclic) bond motifs is 1. The zero-order chi connectivity index (χ0) is 21.6. The van der Waals surface area contributed by atoms with Crippen LogP contribution < -0.4 is 10.6 Å². The number of unbranched alkanes of at least 4 members (excludes halogenated alkanes) is 3. The van der Waals surface area contributed by atoms with Crippen molar-refractivity contribution >= 4 is 44.9 Å². The summed E-state index contributed by atoms with van der Waals surface area (Å²) in [6.45, 7) is 3.27. The largest absolute Gasteiger partial charge is 0.396 e. The highest BCUT2D eigenvalue weighted by Crippen LogP contribution is 2.39. The second kappa shape index (κ2) is 10.6. The van der Waals surface area contributed by atoms with Crippen LogP contribution in [0.1, 0.15) is 51.9 Å². The lowest BCUT2D eigenvalue weighted by molar-refractivity contribution is 0.229. The van der Waals surface area contributed by atoms with Crippen molar-refractivity contribution in [1.29, 1.82) is 0 Å². The minimum atomic E-state index is 0.234. The highest BCUT2D eigenvalue weighted by molar-refractivity contribution is 7.21. The van der Waals surface area contributed by atoms with Crippen molar-refractivity contribution in [2.75, 3.05) is 23.8 Å². The maximum absolute atomic E-state index is 9.52. The van der Waals surface area contributed by atoms with E-state index in [1.807, 2.05) is 18.2 Å². The molecule has 0 saturated heterocycles. The van der Waals surface area contributed by atoms with Crippen LogP contribution in [0.25, 0.3) is 20.8 Å². The molecular weight excluding hydrogens is 430 g/mol. The van der Waals surface area contributed by atoms with Crippen molar-refractivity contribution in [1.82, 2.24) is 15.0 Å². The molecule has 0 amide bonds. The van der Waals surface area contributed by atoms with Crippen molar-refractivity contribution in [3.8, 4) is 10.6 Å². The van der Waals surface area contributed by atoms with E-state index in [2.05, 4.69) is 28.6 Å². The van der Waals surface area contributed by atoms with E-state index in [1.54, 1.807) is 11.3 Å². The monoisotopic (exact) mass is 459 g/mol. The van der Waals surface area contributed by atoms with E-state index in [9.17, 15) is 5.11 Å². The topological polar surface area (TPSA) is 83.0 Å². The van der Waals surface area contributed by atoms with Gasteiger partial charge in [0.1, 0.15) is 16.0 Å².